The second-order valence-electron chi connectivity index (χ2n) is 4.08. The number of rotatable bonds is 4. The van der Waals surface area contributed by atoms with Gasteiger partial charge < -0.3 is 10.3 Å². The SMILES string of the molecule is Cn1cnc(CN)c1CCc1ccc(Br)cc1. The molecule has 0 aliphatic carbocycles. The van der Waals surface area contributed by atoms with E-state index in [9.17, 15) is 0 Å². The molecule has 90 valence electrons. The van der Waals surface area contributed by atoms with Crippen molar-refractivity contribution in [2.45, 2.75) is 19.4 Å². The average Bonchev–Trinajstić information content (AvgIpc) is 2.69. The summed E-state index contributed by atoms with van der Waals surface area (Å²) in [6.07, 6.45) is 3.82. The molecule has 2 aromatic rings. The Morgan fingerprint density at radius 2 is 1.94 bits per heavy atom. The fraction of sp³-hybridized carbons (Fsp3) is 0.308. The Balaban J connectivity index is 2.06. The molecule has 2 N–H and O–H groups in total. The number of aromatic nitrogens is 2. The summed E-state index contributed by atoms with van der Waals surface area (Å²) in [4.78, 5) is 4.29. The molecule has 0 spiro atoms. The minimum absolute atomic E-state index is 0.510. The van der Waals surface area contributed by atoms with Crippen LogP contribution in [-0.4, -0.2) is 9.55 Å². The summed E-state index contributed by atoms with van der Waals surface area (Å²) in [5.41, 5.74) is 9.24. The quantitative estimate of drug-likeness (QED) is 0.941. The number of nitrogens with two attached hydrogens (primary N) is 1. The Kier molecular flexibility index (Phi) is 3.97. The minimum Gasteiger partial charge on any atom is -0.337 e. The van der Waals surface area contributed by atoms with Gasteiger partial charge in [0.25, 0.3) is 0 Å². The van der Waals surface area contributed by atoms with E-state index in [2.05, 4.69) is 49.7 Å². The molecule has 1 aromatic carbocycles. The highest BCUT2D eigenvalue weighted by atomic mass is 79.9. The van der Waals surface area contributed by atoms with Gasteiger partial charge in [-0.3, -0.25) is 0 Å². The molecule has 0 saturated carbocycles. The van der Waals surface area contributed by atoms with E-state index in [1.807, 2.05) is 13.4 Å². The number of benzene rings is 1. The van der Waals surface area contributed by atoms with Crippen molar-refractivity contribution in [3.63, 3.8) is 0 Å². The van der Waals surface area contributed by atoms with Gasteiger partial charge in [0.05, 0.1) is 12.0 Å². The van der Waals surface area contributed by atoms with E-state index >= 15 is 0 Å². The lowest BCUT2D eigenvalue weighted by Crippen LogP contribution is -2.05. The molecule has 0 radical (unpaired) electrons. The zero-order valence-corrected chi connectivity index (χ0v) is 11.4. The Morgan fingerprint density at radius 3 is 2.59 bits per heavy atom. The first-order valence-electron chi connectivity index (χ1n) is 5.64. The Hall–Kier alpha value is -1.13. The van der Waals surface area contributed by atoms with Crippen molar-refractivity contribution < 1.29 is 0 Å². The molecule has 2 rings (SSSR count). The third-order valence-corrected chi connectivity index (χ3v) is 3.43. The fourth-order valence-corrected chi connectivity index (χ4v) is 2.17. The number of aryl methyl sites for hydroxylation is 2. The van der Waals surface area contributed by atoms with Crippen molar-refractivity contribution in [2.24, 2.45) is 12.8 Å². The van der Waals surface area contributed by atoms with Crippen LogP contribution in [0.2, 0.25) is 0 Å². The maximum Gasteiger partial charge on any atom is 0.0949 e. The lowest BCUT2D eigenvalue weighted by molar-refractivity contribution is 0.785. The summed E-state index contributed by atoms with van der Waals surface area (Å²) < 4.78 is 3.17. The number of hydrogen-bond acceptors (Lipinski definition) is 2. The highest BCUT2D eigenvalue weighted by Crippen LogP contribution is 2.14. The maximum absolute atomic E-state index is 5.67. The number of hydrogen-bond donors (Lipinski definition) is 1. The van der Waals surface area contributed by atoms with Gasteiger partial charge in [-0.1, -0.05) is 28.1 Å². The Bertz CT molecular complexity index is 488. The van der Waals surface area contributed by atoms with E-state index in [0.717, 1.165) is 23.0 Å². The molecular formula is C13H16BrN3. The van der Waals surface area contributed by atoms with Crippen LogP contribution in [0.15, 0.2) is 35.1 Å². The molecule has 0 unspecified atom stereocenters. The summed E-state index contributed by atoms with van der Waals surface area (Å²) >= 11 is 3.44. The first-order valence-corrected chi connectivity index (χ1v) is 6.43. The third kappa shape index (κ3) is 2.96. The highest BCUT2D eigenvalue weighted by molar-refractivity contribution is 9.10. The summed E-state index contributed by atoms with van der Waals surface area (Å²) in [7, 11) is 2.02. The topological polar surface area (TPSA) is 43.8 Å². The molecule has 3 nitrogen and oxygen atoms in total. The van der Waals surface area contributed by atoms with Gasteiger partial charge in [-0.2, -0.15) is 0 Å². The molecule has 0 atom stereocenters. The van der Waals surface area contributed by atoms with E-state index in [1.54, 1.807) is 0 Å². The molecule has 0 amide bonds. The monoisotopic (exact) mass is 293 g/mol. The van der Waals surface area contributed by atoms with E-state index in [-0.39, 0.29) is 0 Å². The highest BCUT2D eigenvalue weighted by Gasteiger charge is 2.07. The smallest absolute Gasteiger partial charge is 0.0949 e. The van der Waals surface area contributed by atoms with Gasteiger partial charge in [0.1, 0.15) is 0 Å². The molecule has 4 heteroatoms. The standard InChI is InChI=1S/C13H16BrN3/c1-17-9-16-12(8-15)13(17)7-4-10-2-5-11(14)6-3-10/h2-3,5-6,9H,4,7-8,15H2,1H3. The van der Waals surface area contributed by atoms with Gasteiger partial charge in [0.15, 0.2) is 0 Å². The molecule has 1 aromatic heterocycles. The van der Waals surface area contributed by atoms with Crippen molar-refractivity contribution in [3.8, 4) is 0 Å². The van der Waals surface area contributed by atoms with E-state index < -0.39 is 0 Å². The van der Waals surface area contributed by atoms with Gasteiger partial charge in [-0.05, 0) is 30.5 Å². The molecule has 0 aliphatic rings. The van der Waals surface area contributed by atoms with Crippen molar-refractivity contribution in [1.29, 1.82) is 0 Å². The van der Waals surface area contributed by atoms with Crippen LogP contribution < -0.4 is 5.73 Å². The van der Waals surface area contributed by atoms with Gasteiger partial charge in [0, 0.05) is 23.8 Å². The molecule has 0 fully saturated rings. The first kappa shape index (κ1) is 12.3. The Labute approximate surface area is 110 Å². The van der Waals surface area contributed by atoms with Crippen LogP contribution >= 0.6 is 15.9 Å². The zero-order chi connectivity index (χ0) is 12.3. The molecule has 0 bridgehead atoms. The number of nitrogens with zero attached hydrogens (tertiary/aromatic N) is 2. The fourth-order valence-electron chi connectivity index (χ4n) is 1.91. The molecule has 1 heterocycles. The first-order chi connectivity index (χ1) is 8.20. The summed E-state index contributed by atoms with van der Waals surface area (Å²) in [6, 6.07) is 8.43. The second kappa shape index (κ2) is 5.47. The van der Waals surface area contributed by atoms with Crippen LogP contribution in [0.1, 0.15) is 17.0 Å². The average molecular weight is 294 g/mol. The van der Waals surface area contributed by atoms with Crippen molar-refractivity contribution in [1.82, 2.24) is 9.55 Å². The van der Waals surface area contributed by atoms with Gasteiger partial charge in [0.2, 0.25) is 0 Å². The normalized spacial score (nSPS) is 10.8. The van der Waals surface area contributed by atoms with Crippen LogP contribution in [0.3, 0.4) is 0 Å². The van der Waals surface area contributed by atoms with Gasteiger partial charge in [-0.25, -0.2) is 4.98 Å². The van der Waals surface area contributed by atoms with E-state index in [4.69, 9.17) is 5.73 Å². The molecule has 0 saturated heterocycles. The largest absolute Gasteiger partial charge is 0.337 e. The van der Waals surface area contributed by atoms with Crippen molar-refractivity contribution in [2.75, 3.05) is 0 Å². The van der Waals surface area contributed by atoms with Crippen LogP contribution in [0.25, 0.3) is 0 Å². The zero-order valence-electron chi connectivity index (χ0n) is 9.86. The van der Waals surface area contributed by atoms with Crippen LogP contribution in [0, 0.1) is 0 Å². The second-order valence-corrected chi connectivity index (χ2v) is 5.00. The summed E-state index contributed by atoms with van der Waals surface area (Å²) in [6.45, 7) is 0.510. The van der Waals surface area contributed by atoms with Crippen LogP contribution in [0.4, 0.5) is 0 Å². The van der Waals surface area contributed by atoms with Gasteiger partial charge >= 0.3 is 0 Å². The van der Waals surface area contributed by atoms with Crippen molar-refractivity contribution in [3.05, 3.63) is 52.0 Å². The predicted molar refractivity (Wildman–Crippen MR) is 72.6 cm³/mol. The maximum atomic E-state index is 5.67. The van der Waals surface area contributed by atoms with Crippen LogP contribution in [0.5, 0.6) is 0 Å². The summed E-state index contributed by atoms with van der Waals surface area (Å²) in [5.74, 6) is 0. The summed E-state index contributed by atoms with van der Waals surface area (Å²) in [5, 5.41) is 0. The number of imidazole rings is 1. The molecule has 17 heavy (non-hydrogen) atoms. The molecular weight excluding hydrogens is 278 g/mol. The van der Waals surface area contributed by atoms with E-state index in [1.165, 1.54) is 11.3 Å². The van der Waals surface area contributed by atoms with Crippen LogP contribution in [-0.2, 0) is 26.4 Å². The molecule has 0 aliphatic heterocycles. The van der Waals surface area contributed by atoms with Gasteiger partial charge in [-0.15, -0.1) is 0 Å². The lowest BCUT2D eigenvalue weighted by Gasteiger charge is -2.05. The third-order valence-electron chi connectivity index (χ3n) is 2.90. The lowest BCUT2D eigenvalue weighted by atomic mass is 10.1. The number of halogens is 1. The predicted octanol–water partition coefficient (Wildman–Crippen LogP) is 2.43. The Morgan fingerprint density at radius 1 is 1.24 bits per heavy atom. The minimum atomic E-state index is 0.510. The van der Waals surface area contributed by atoms with E-state index in [0.29, 0.717) is 6.54 Å². The van der Waals surface area contributed by atoms with Crippen molar-refractivity contribution >= 4 is 15.9 Å².